The van der Waals surface area contributed by atoms with Crippen molar-refractivity contribution in [3.63, 3.8) is 0 Å². The van der Waals surface area contributed by atoms with E-state index in [2.05, 4.69) is 5.32 Å². The predicted molar refractivity (Wildman–Crippen MR) is 85.8 cm³/mol. The van der Waals surface area contributed by atoms with Crippen molar-refractivity contribution in [2.75, 3.05) is 11.1 Å². The van der Waals surface area contributed by atoms with Gasteiger partial charge in [0, 0.05) is 11.4 Å². The number of amides is 1. The smallest absolute Gasteiger partial charge is 0.416 e. The number of carbonyl (C=O) groups is 2. The predicted octanol–water partition coefficient (Wildman–Crippen LogP) is 3.47. The Labute approximate surface area is 141 Å². The molecular weight excluding hydrogens is 337 g/mol. The molecule has 0 unspecified atom stereocenters. The third kappa shape index (κ3) is 4.72. The van der Waals surface area contributed by atoms with Gasteiger partial charge in [0.1, 0.15) is 0 Å². The molecule has 0 spiro atoms. The Morgan fingerprint density at radius 2 is 1.76 bits per heavy atom. The Kier molecular flexibility index (Phi) is 5.31. The summed E-state index contributed by atoms with van der Waals surface area (Å²) in [6, 6.07) is 10.8. The van der Waals surface area contributed by atoms with Crippen molar-refractivity contribution in [3.8, 4) is 0 Å². The van der Waals surface area contributed by atoms with Gasteiger partial charge in [0.2, 0.25) is 0 Å². The second-order valence-corrected chi connectivity index (χ2v) is 5.20. The van der Waals surface area contributed by atoms with E-state index in [9.17, 15) is 22.8 Å². The number of benzene rings is 2. The van der Waals surface area contributed by atoms with E-state index < -0.39 is 29.7 Å². The molecule has 0 fully saturated rings. The lowest BCUT2D eigenvalue weighted by molar-refractivity contribution is -0.137. The highest BCUT2D eigenvalue weighted by Gasteiger charge is 2.31. The van der Waals surface area contributed by atoms with Crippen molar-refractivity contribution in [2.45, 2.75) is 19.2 Å². The number of ether oxygens (including phenoxy) is 1. The van der Waals surface area contributed by atoms with Gasteiger partial charge in [0.15, 0.2) is 6.10 Å². The molecule has 5 nitrogen and oxygen atoms in total. The molecule has 132 valence electrons. The van der Waals surface area contributed by atoms with Crippen LogP contribution in [0.2, 0.25) is 0 Å². The number of rotatable bonds is 4. The summed E-state index contributed by atoms with van der Waals surface area (Å²) in [5.41, 5.74) is 4.41. The van der Waals surface area contributed by atoms with E-state index in [-0.39, 0.29) is 11.3 Å². The molecule has 3 N–H and O–H groups in total. The zero-order valence-electron chi connectivity index (χ0n) is 13.1. The second kappa shape index (κ2) is 7.25. The lowest BCUT2D eigenvalue weighted by atomic mass is 10.1. The summed E-state index contributed by atoms with van der Waals surface area (Å²) in [5, 5.41) is 2.55. The third-order valence-corrected chi connectivity index (χ3v) is 3.29. The average Bonchev–Trinajstić information content (AvgIpc) is 2.54. The Morgan fingerprint density at radius 3 is 2.32 bits per heavy atom. The number of alkyl halides is 3. The van der Waals surface area contributed by atoms with Crippen LogP contribution in [0.5, 0.6) is 0 Å². The summed E-state index contributed by atoms with van der Waals surface area (Å²) in [6.45, 7) is 1.34. The van der Waals surface area contributed by atoms with Crippen LogP contribution in [0.25, 0.3) is 0 Å². The van der Waals surface area contributed by atoms with E-state index >= 15 is 0 Å². The molecule has 1 atom stereocenters. The number of anilines is 2. The monoisotopic (exact) mass is 352 g/mol. The lowest BCUT2D eigenvalue weighted by Gasteiger charge is -2.15. The van der Waals surface area contributed by atoms with Crippen molar-refractivity contribution >= 4 is 23.3 Å². The van der Waals surface area contributed by atoms with Crippen LogP contribution in [-0.4, -0.2) is 18.0 Å². The van der Waals surface area contributed by atoms with Crippen molar-refractivity contribution in [3.05, 3.63) is 59.7 Å². The van der Waals surface area contributed by atoms with E-state index in [1.165, 1.54) is 6.92 Å². The highest BCUT2D eigenvalue weighted by atomic mass is 19.4. The van der Waals surface area contributed by atoms with Gasteiger partial charge in [-0.05, 0) is 37.3 Å². The van der Waals surface area contributed by atoms with Gasteiger partial charge in [-0.25, -0.2) is 4.79 Å². The minimum Gasteiger partial charge on any atom is -0.449 e. The maximum absolute atomic E-state index is 12.6. The second-order valence-electron chi connectivity index (χ2n) is 5.20. The molecule has 25 heavy (non-hydrogen) atoms. The molecule has 8 heteroatoms. The van der Waals surface area contributed by atoms with E-state index in [0.29, 0.717) is 11.8 Å². The number of halogens is 3. The van der Waals surface area contributed by atoms with Crippen LogP contribution in [0.3, 0.4) is 0 Å². The maximum Gasteiger partial charge on any atom is 0.416 e. The first kappa shape index (κ1) is 18.3. The number of nitrogens with one attached hydrogen (secondary N) is 1. The fourth-order valence-electron chi connectivity index (χ4n) is 1.97. The van der Waals surface area contributed by atoms with E-state index in [4.69, 9.17) is 10.5 Å². The van der Waals surface area contributed by atoms with Crippen molar-refractivity contribution < 1.29 is 27.5 Å². The number of esters is 1. The van der Waals surface area contributed by atoms with Gasteiger partial charge in [-0.2, -0.15) is 13.2 Å². The zero-order chi connectivity index (χ0) is 18.6. The molecule has 1 amide bonds. The van der Waals surface area contributed by atoms with E-state index in [1.54, 1.807) is 30.3 Å². The molecule has 0 saturated heterocycles. The minimum absolute atomic E-state index is 0.243. The van der Waals surface area contributed by atoms with Gasteiger partial charge in [-0.3, -0.25) is 4.79 Å². The molecule has 0 bridgehead atoms. The van der Waals surface area contributed by atoms with Crippen molar-refractivity contribution in [1.29, 1.82) is 0 Å². The van der Waals surface area contributed by atoms with Gasteiger partial charge >= 0.3 is 12.1 Å². The highest BCUT2D eigenvalue weighted by Crippen LogP contribution is 2.31. The SMILES string of the molecule is C[C@H](OC(=O)c1ccc(C(F)(F)F)cc1N)C(=O)Nc1ccccc1. The number of para-hydroxylation sites is 1. The number of nitrogen functional groups attached to an aromatic ring is 1. The molecule has 0 saturated carbocycles. The van der Waals surface area contributed by atoms with Crippen LogP contribution < -0.4 is 11.1 Å². The minimum atomic E-state index is -4.57. The summed E-state index contributed by atoms with van der Waals surface area (Å²) >= 11 is 0. The normalized spacial score (nSPS) is 12.3. The van der Waals surface area contributed by atoms with Crippen LogP contribution in [0, 0.1) is 0 Å². The first-order chi connectivity index (χ1) is 11.7. The number of hydrogen-bond acceptors (Lipinski definition) is 4. The van der Waals surface area contributed by atoms with Gasteiger partial charge in [-0.1, -0.05) is 18.2 Å². The first-order valence-electron chi connectivity index (χ1n) is 7.22. The molecule has 0 radical (unpaired) electrons. The highest BCUT2D eigenvalue weighted by molar-refractivity contribution is 5.99. The summed E-state index contributed by atoms with van der Waals surface area (Å²) < 4.78 is 42.8. The molecule has 0 heterocycles. The standard InChI is InChI=1S/C17H15F3N2O3/c1-10(15(23)22-12-5-3-2-4-6-12)25-16(24)13-8-7-11(9-14(13)21)17(18,19)20/h2-10H,21H2,1H3,(H,22,23)/t10-/m0/s1. The van der Waals surface area contributed by atoms with E-state index in [0.717, 1.165) is 12.1 Å². The topological polar surface area (TPSA) is 81.4 Å². The van der Waals surface area contributed by atoms with Crippen molar-refractivity contribution in [2.24, 2.45) is 0 Å². The Bertz CT molecular complexity index is 776. The van der Waals surface area contributed by atoms with Crippen LogP contribution in [0.1, 0.15) is 22.8 Å². The molecule has 0 aliphatic carbocycles. The lowest BCUT2D eigenvalue weighted by Crippen LogP contribution is -2.30. The largest absolute Gasteiger partial charge is 0.449 e. The fraction of sp³-hybridized carbons (Fsp3) is 0.176. The zero-order valence-corrected chi connectivity index (χ0v) is 13.1. The molecule has 0 aliphatic rings. The molecule has 0 aliphatic heterocycles. The Hall–Kier alpha value is -3.03. The van der Waals surface area contributed by atoms with Crippen LogP contribution >= 0.6 is 0 Å². The van der Waals surface area contributed by atoms with Gasteiger partial charge in [-0.15, -0.1) is 0 Å². The maximum atomic E-state index is 12.6. The van der Waals surface area contributed by atoms with Crippen molar-refractivity contribution in [1.82, 2.24) is 0 Å². The Morgan fingerprint density at radius 1 is 1.12 bits per heavy atom. The summed E-state index contributed by atoms with van der Waals surface area (Å²) in [7, 11) is 0. The van der Waals surface area contributed by atoms with Gasteiger partial charge in [0.25, 0.3) is 5.91 Å². The fourth-order valence-corrected chi connectivity index (χ4v) is 1.97. The molecule has 0 aromatic heterocycles. The number of nitrogens with two attached hydrogens (primary N) is 1. The van der Waals surface area contributed by atoms with Gasteiger partial charge in [0.05, 0.1) is 11.1 Å². The third-order valence-electron chi connectivity index (χ3n) is 3.29. The quantitative estimate of drug-likeness (QED) is 0.652. The summed E-state index contributed by atoms with van der Waals surface area (Å²) in [6.07, 6.45) is -5.73. The molecule has 2 aromatic rings. The summed E-state index contributed by atoms with van der Waals surface area (Å²) in [4.78, 5) is 24.0. The van der Waals surface area contributed by atoms with Crippen LogP contribution in [0.15, 0.2) is 48.5 Å². The molecule has 2 rings (SSSR count). The van der Waals surface area contributed by atoms with Gasteiger partial charge < -0.3 is 15.8 Å². The first-order valence-corrected chi connectivity index (χ1v) is 7.22. The number of hydrogen-bond donors (Lipinski definition) is 2. The Balaban J connectivity index is 2.05. The average molecular weight is 352 g/mol. The van der Waals surface area contributed by atoms with Crippen LogP contribution in [0.4, 0.5) is 24.5 Å². The van der Waals surface area contributed by atoms with E-state index in [1.807, 2.05) is 0 Å². The van der Waals surface area contributed by atoms with Crippen LogP contribution in [-0.2, 0) is 15.7 Å². The molecule has 2 aromatic carbocycles. The molecular formula is C17H15F3N2O3. The summed E-state index contributed by atoms with van der Waals surface area (Å²) in [5.74, 6) is -1.56. The number of carbonyl (C=O) groups excluding carboxylic acids is 2.